The van der Waals surface area contributed by atoms with Gasteiger partial charge in [-0.15, -0.1) is 0 Å². The smallest absolute Gasteiger partial charge is 0.129 e. The molecule has 7 heteroatoms. The second kappa shape index (κ2) is 5.37. The molecule has 4 N–H and O–H groups in total. The van der Waals surface area contributed by atoms with Crippen LogP contribution in [0.1, 0.15) is 0 Å². The summed E-state index contributed by atoms with van der Waals surface area (Å²) in [6.07, 6.45) is 0.0707. The van der Waals surface area contributed by atoms with Gasteiger partial charge < -0.3 is 25.4 Å². The monoisotopic (exact) mass is 241 g/mol. The Hall–Kier alpha value is -1.28. The average Bonchev–Trinajstić information content (AvgIpc) is 2.37. The van der Waals surface area contributed by atoms with Crippen LogP contribution < -0.4 is 5.32 Å². The molecular weight excluding hydrogens is 226 g/mol. The number of aromatic nitrogens is 2. The van der Waals surface area contributed by atoms with Gasteiger partial charge in [0, 0.05) is 6.20 Å². The van der Waals surface area contributed by atoms with Crippen LogP contribution in [0.3, 0.4) is 0 Å². The fourth-order valence-corrected chi connectivity index (χ4v) is 1.74. The summed E-state index contributed by atoms with van der Waals surface area (Å²) in [5.74, 6) is 0.544. The zero-order chi connectivity index (χ0) is 12.3. The van der Waals surface area contributed by atoms with Crippen LogP contribution in [0.4, 0.5) is 5.82 Å². The maximum Gasteiger partial charge on any atom is 0.129 e. The van der Waals surface area contributed by atoms with Crippen molar-refractivity contribution in [1.29, 1.82) is 0 Å². The molecule has 0 spiro atoms. The van der Waals surface area contributed by atoms with E-state index in [1.54, 1.807) is 12.3 Å². The van der Waals surface area contributed by atoms with E-state index in [9.17, 15) is 10.2 Å². The molecule has 1 saturated heterocycles. The van der Waals surface area contributed by atoms with Crippen LogP contribution in [-0.2, 0) is 4.74 Å². The summed E-state index contributed by atoms with van der Waals surface area (Å²) >= 11 is 0. The highest BCUT2D eigenvalue weighted by Gasteiger charge is 2.38. The highest BCUT2D eigenvalue weighted by Crippen LogP contribution is 2.17. The molecule has 17 heavy (non-hydrogen) atoms. The molecule has 1 fully saturated rings. The lowest BCUT2D eigenvalue weighted by Gasteiger charge is -2.37. The third-order valence-corrected chi connectivity index (χ3v) is 2.73. The number of nitrogens with zero attached hydrogens (tertiary/aromatic N) is 2. The molecular formula is C10H15N3O4. The predicted molar refractivity (Wildman–Crippen MR) is 58.3 cm³/mol. The van der Waals surface area contributed by atoms with E-state index in [0.29, 0.717) is 5.82 Å². The number of anilines is 1. The first-order valence-electron chi connectivity index (χ1n) is 5.33. The molecule has 1 aromatic heterocycles. The topological polar surface area (TPSA) is 108 Å². The van der Waals surface area contributed by atoms with Crippen LogP contribution in [0.2, 0.25) is 0 Å². The highest BCUT2D eigenvalue weighted by atomic mass is 16.5. The molecule has 1 aromatic rings. The fraction of sp³-hybridized carbons (Fsp3) is 0.600. The Labute approximate surface area is 98.1 Å². The number of hydrogen-bond donors (Lipinski definition) is 4. The summed E-state index contributed by atoms with van der Waals surface area (Å²) in [5.41, 5.74) is 0. The Bertz CT molecular complexity index is 351. The van der Waals surface area contributed by atoms with Gasteiger partial charge >= 0.3 is 0 Å². The molecule has 0 unspecified atom stereocenters. The zero-order valence-electron chi connectivity index (χ0n) is 9.10. The lowest BCUT2D eigenvalue weighted by Crippen LogP contribution is -2.56. The number of ether oxygens (including phenoxy) is 1. The first-order valence-corrected chi connectivity index (χ1v) is 5.33. The van der Waals surface area contributed by atoms with Gasteiger partial charge in [0.15, 0.2) is 0 Å². The Morgan fingerprint density at radius 3 is 2.88 bits per heavy atom. The van der Waals surface area contributed by atoms with Crippen molar-refractivity contribution in [2.24, 2.45) is 0 Å². The number of rotatable bonds is 3. The molecule has 4 atom stereocenters. The minimum Gasteiger partial charge on any atom is -0.394 e. The van der Waals surface area contributed by atoms with Gasteiger partial charge in [0.25, 0.3) is 0 Å². The normalized spacial score (nSPS) is 33.4. The number of aliphatic hydroxyl groups is 3. The third-order valence-electron chi connectivity index (χ3n) is 2.73. The number of aliphatic hydroxyl groups excluding tert-OH is 3. The van der Waals surface area contributed by atoms with Crippen molar-refractivity contribution < 1.29 is 20.1 Å². The first-order chi connectivity index (χ1) is 8.22. The Morgan fingerprint density at radius 2 is 2.24 bits per heavy atom. The molecule has 0 radical (unpaired) electrons. The second-order valence-electron chi connectivity index (χ2n) is 3.88. The van der Waals surface area contributed by atoms with Crippen LogP contribution in [0, 0.1) is 0 Å². The van der Waals surface area contributed by atoms with Gasteiger partial charge in [0.2, 0.25) is 0 Å². The minimum atomic E-state index is -1.12. The maximum atomic E-state index is 9.85. The van der Waals surface area contributed by atoms with Crippen LogP contribution in [-0.4, -0.2) is 62.9 Å². The van der Waals surface area contributed by atoms with Gasteiger partial charge in [-0.25, -0.2) is 9.97 Å². The molecule has 0 bridgehead atoms. The SMILES string of the molecule is OC[C@H]1OC[C@H](Nc2ccncn2)[C@@H](O)[C@H]1O. The van der Waals surface area contributed by atoms with Crippen LogP contribution >= 0.6 is 0 Å². The van der Waals surface area contributed by atoms with E-state index in [1.807, 2.05) is 0 Å². The largest absolute Gasteiger partial charge is 0.394 e. The summed E-state index contributed by atoms with van der Waals surface area (Å²) in [7, 11) is 0. The van der Waals surface area contributed by atoms with Crippen molar-refractivity contribution in [3.63, 3.8) is 0 Å². The molecule has 1 aliphatic rings. The van der Waals surface area contributed by atoms with Crippen LogP contribution in [0.15, 0.2) is 18.6 Å². The molecule has 7 nitrogen and oxygen atoms in total. The Balaban J connectivity index is 1.99. The molecule has 2 rings (SSSR count). The van der Waals surface area contributed by atoms with E-state index >= 15 is 0 Å². The maximum absolute atomic E-state index is 9.85. The Kier molecular flexibility index (Phi) is 3.85. The van der Waals surface area contributed by atoms with E-state index in [2.05, 4.69) is 15.3 Å². The molecule has 0 aliphatic carbocycles. The second-order valence-corrected chi connectivity index (χ2v) is 3.88. The van der Waals surface area contributed by atoms with Crippen LogP contribution in [0.25, 0.3) is 0 Å². The third kappa shape index (κ3) is 2.70. The van der Waals surface area contributed by atoms with Crippen molar-refractivity contribution >= 4 is 5.82 Å². The average molecular weight is 241 g/mol. The molecule has 0 amide bonds. The lowest BCUT2D eigenvalue weighted by molar-refractivity contribution is -0.152. The van der Waals surface area contributed by atoms with E-state index in [4.69, 9.17) is 9.84 Å². The lowest BCUT2D eigenvalue weighted by atomic mass is 9.98. The zero-order valence-corrected chi connectivity index (χ0v) is 9.10. The van der Waals surface area contributed by atoms with Gasteiger partial charge in [-0.2, -0.15) is 0 Å². The number of nitrogens with one attached hydrogen (secondary N) is 1. The predicted octanol–water partition coefficient (Wildman–Crippen LogP) is -1.63. The van der Waals surface area contributed by atoms with E-state index in [1.165, 1.54) is 6.33 Å². The summed E-state index contributed by atoms with van der Waals surface area (Å²) in [4.78, 5) is 7.72. The van der Waals surface area contributed by atoms with Crippen LogP contribution in [0.5, 0.6) is 0 Å². The molecule has 0 aromatic carbocycles. The van der Waals surface area contributed by atoms with Crippen molar-refractivity contribution in [1.82, 2.24) is 9.97 Å². The summed E-state index contributed by atoms with van der Waals surface area (Å²) in [6.45, 7) is -0.133. The van der Waals surface area contributed by atoms with E-state index in [0.717, 1.165) is 0 Å². The fourth-order valence-electron chi connectivity index (χ4n) is 1.74. The Morgan fingerprint density at radius 1 is 1.41 bits per heavy atom. The molecule has 0 saturated carbocycles. The van der Waals surface area contributed by atoms with Gasteiger partial charge in [-0.3, -0.25) is 0 Å². The highest BCUT2D eigenvalue weighted by molar-refractivity contribution is 5.33. The van der Waals surface area contributed by atoms with Crippen molar-refractivity contribution in [2.45, 2.75) is 24.4 Å². The number of hydrogen-bond acceptors (Lipinski definition) is 7. The quantitative estimate of drug-likeness (QED) is 0.503. The van der Waals surface area contributed by atoms with Gasteiger partial charge in [-0.1, -0.05) is 0 Å². The van der Waals surface area contributed by atoms with Crippen molar-refractivity contribution in [3.05, 3.63) is 18.6 Å². The summed E-state index contributed by atoms with van der Waals surface area (Å²) in [6, 6.07) is 1.18. The van der Waals surface area contributed by atoms with Crippen molar-refractivity contribution in [3.8, 4) is 0 Å². The van der Waals surface area contributed by atoms with E-state index in [-0.39, 0.29) is 13.2 Å². The van der Waals surface area contributed by atoms with E-state index < -0.39 is 24.4 Å². The summed E-state index contributed by atoms with van der Waals surface area (Å²) in [5, 5.41) is 31.4. The first kappa shape index (κ1) is 12.2. The minimum absolute atomic E-state index is 0.188. The van der Waals surface area contributed by atoms with Crippen molar-refractivity contribution in [2.75, 3.05) is 18.5 Å². The molecule has 2 heterocycles. The van der Waals surface area contributed by atoms with Gasteiger partial charge in [0.05, 0.1) is 19.3 Å². The summed E-state index contributed by atoms with van der Waals surface area (Å²) < 4.78 is 5.23. The molecule has 94 valence electrons. The van der Waals surface area contributed by atoms with Gasteiger partial charge in [0.1, 0.15) is 30.5 Å². The molecule has 1 aliphatic heterocycles. The van der Waals surface area contributed by atoms with Gasteiger partial charge in [-0.05, 0) is 6.07 Å². The standard InChI is InChI=1S/C10H15N3O4/c14-3-7-10(16)9(15)6(4-17-7)13-8-1-2-11-5-12-8/h1-2,5-7,9-10,14-16H,3-4H2,(H,11,12,13)/t6-,7+,9+,10-/m0/s1.